The quantitative estimate of drug-likeness (QED) is 0.623. The Labute approximate surface area is 124 Å². The summed E-state index contributed by atoms with van der Waals surface area (Å²) in [6, 6.07) is 6.75. The van der Waals surface area contributed by atoms with E-state index in [1.54, 1.807) is 29.2 Å². The second-order valence-electron chi connectivity index (χ2n) is 4.70. The SMILES string of the molecule is C=C(C)CN(CC)C(=O)Nc1ccc(C=CC(=O)O)cc1. The van der Waals surface area contributed by atoms with E-state index in [2.05, 4.69) is 11.9 Å². The van der Waals surface area contributed by atoms with Crippen molar-refractivity contribution in [2.24, 2.45) is 0 Å². The van der Waals surface area contributed by atoms with Crippen LogP contribution in [-0.2, 0) is 4.79 Å². The van der Waals surface area contributed by atoms with Crippen molar-refractivity contribution in [3.8, 4) is 0 Å². The highest BCUT2D eigenvalue weighted by Crippen LogP contribution is 2.12. The van der Waals surface area contributed by atoms with Gasteiger partial charge in [-0.25, -0.2) is 9.59 Å². The second kappa shape index (κ2) is 7.89. The van der Waals surface area contributed by atoms with Crippen LogP contribution in [0.1, 0.15) is 19.4 Å². The van der Waals surface area contributed by atoms with Gasteiger partial charge in [-0.05, 0) is 37.6 Å². The van der Waals surface area contributed by atoms with Gasteiger partial charge < -0.3 is 15.3 Å². The number of carbonyl (C=O) groups is 2. The molecule has 0 aliphatic carbocycles. The van der Waals surface area contributed by atoms with E-state index in [0.717, 1.165) is 17.2 Å². The summed E-state index contributed by atoms with van der Waals surface area (Å²) < 4.78 is 0. The number of benzene rings is 1. The van der Waals surface area contributed by atoms with Gasteiger partial charge in [-0.1, -0.05) is 24.3 Å². The van der Waals surface area contributed by atoms with E-state index < -0.39 is 5.97 Å². The Hall–Kier alpha value is -2.56. The number of amides is 2. The lowest BCUT2D eigenvalue weighted by molar-refractivity contribution is -0.131. The number of rotatable bonds is 6. The third-order valence-electron chi connectivity index (χ3n) is 2.71. The van der Waals surface area contributed by atoms with Crippen LogP contribution in [0.2, 0.25) is 0 Å². The summed E-state index contributed by atoms with van der Waals surface area (Å²) in [5.74, 6) is -0.995. The second-order valence-corrected chi connectivity index (χ2v) is 4.70. The lowest BCUT2D eigenvalue weighted by Crippen LogP contribution is -2.35. The number of carboxylic acids is 1. The lowest BCUT2D eigenvalue weighted by Gasteiger charge is -2.21. The maximum Gasteiger partial charge on any atom is 0.328 e. The zero-order valence-corrected chi connectivity index (χ0v) is 12.3. The Morgan fingerprint density at radius 2 is 1.95 bits per heavy atom. The summed E-state index contributed by atoms with van der Waals surface area (Å²) in [6.07, 6.45) is 2.56. The fourth-order valence-corrected chi connectivity index (χ4v) is 1.70. The van der Waals surface area contributed by atoms with Crippen LogP contribution in [-0.4, -0.2) is 35.1 Å². The van der Waals surface area contributed by atoms with Crippen LogP contribution in [0.25, 0.3) is 6.08 Å². The molecule has 0 aromatic heterocycles. The van der Waals surface area contributed by atoms with Crippen molar-refractivity contribution >= 4 is 23.8 Å². The molecule has 2 N–H and O–H groups in total. The van der Waals surface area contributed by atoms with Crippen LogP contribution < -0.4 is 5.32 Å². The Bertz CT molecular complexity index is 547. The fourth-order valence-electron chi connectivity index (χ4n) is 1.70. The normalized spacial score (nSPS) is 10.4. The van der Waals surface area contributed by atoms with E-state index in [0.29, 0.717) is 18.8 Å². The molecule has 2 amide bonds. The van der Waals surface area contributed by atoms with E-state index >= 15 is 0 Å². The third kappa shape index (κ3) is 5.95. The summed E-state index contributed by atoms with van der Waals surface area (Å²) in [5.41, 5.74) is 2.33. The number of nitrogens with one attached hydrogen (secondary N) is 1. The Morgan fingerprint density at radius 1 is 1.33 bits per heavy atom. The summed E-state index contributed by atoms with van der Waals surface area (Å²) in [6.45, 7) is 8.69. The summed E-state index contributed by atoms with van der Waals surface area (Å²) in [4.78, 5) is 24.1. The zero-order chi connectivity index (χ0) is 15.8. The Kier molecular flexibility index (Phi) is 6.20. The highest BCUT2D eigenvalue weighted by molar-refractivity contribution is 5.90. The van der Waals surface area contributed by atoms with Gasteiger partial charge in [0.15, 0.2) is 0 Å². The van der Waals surface area contributed by atoms with Crippen molar-refractivity contribution in [2.45, 2.75) is 13.8 Å². The van der Waals surface area contributed by atoms with Crippen molar-refractivity contribution in [1.29, 1.82) is 0 Å². The predicted molar refractivity (Wildman–Crippen MR) is 84.2 cm³/mol. The third-order valence-corrected chi connectivity index (χ3v) is 2.71. The van der Waals surface area contributed by atoms with Crippen molar-refractivity contribution in [2.75, 3.05) is 18.4 Å². The number of likely N-dealkylation sites (N-methyl/N-ethyl adjacent to an activating group) is 1. The van der Waals surface area contributed by atoms with Gasteiger partial charge in [0.1, 0.15) is 0 Å². The molecule has 1 aromatic rings. The van der Waals surface area contributed by atoms with Crippen molar-refractivity contribution in [3.05, 3.63) is 48.1 Å². The van der Waals surface area contributed by atoms with E-state index in [4.69, 9.17) is 5.11 Å². The van der Waals surface area contributed by atoms with Gasteiger partial charge in [-0.3, -0.25) is 0 Å². The molecular formula is C16H20N2O3. The fraction of sp³-hybridized carbons (Fsp3) is 0.250. The molecule has 0 aliphatic heterocycles. The van der Waals surface area contributed by atoms with Gasteiger partial charge in [0.05, 0.1) is 0 Å². The number of carbonyl (C=O) groups excluding carboxylic acids is 1. The topological polar surface area (TPSA) is 69.6 Å². The largest absolute Gasteiger partial charge is 0.478 e. The average molecular weight is 288 g/mol. The number of hydrogen-bond acceptors (Lipinski definition) is 2. The maximum absolute atomic E-state index is 12.1. The van der Waals surface area contributed by atoms with Crippen LogP contribution in [0.5, 0.6) is 0 Å². The molecule has 0 unspecified atom stereocenters. The smallest absolute Gasteiger partial charge is 0.328 e. The van der Waals surface area contributed by atoms with Crippen LogP contribution >= 0.6 is 0 Å². The van der Waals surface area contributed by atoms with Gasteiger partial charge in [0.2, 0.25) is 0 Å². The maximum atomic E-state index is 12.1. The molecule has 1 rings (SSSR count). The molecule has 0 spiro atoms. The van der Waals surface area contributed by atoms with Crippen LogP contribution in [0, 0.1) is 0 Å². The molecule has 0 radical (unpaired) electrons. The summed E-state index contributed by atoms with van der Waals surface area (Å²) in [5, 5.41) is 11.3. The van der Waals surface area contributed by atoms with E-state index in [1.165, 1.54) is 6.08 Å². The number of nitrogens with zero attached hydrogens (tertiary/aromatic N) is 1. The van der Waals surface area contributed by atoms with Gasteiger partial charge in [0.25, 0.3) is 0 Å². The Balaban J connectivity index is 2.68. The van der Waals surface area contributed by atoms with E-state index in [1.807, 2.05) is 13.8 Å². The molecule has 0 aliphatic rings. The molecule has 0 fully saturated rings. The van der Waals surface area contributed by atoms with Gasteiger partial charge >= 0.3 is 12.0 Å². The van der Waals surface area contributed by atoms with Gasteiger partial charge in [-0.15, -0.1) is 0 Å². The molecule has 0 saturated carbocycles. The number of anilines is 1. The minimum Gasteiger partial charge on any atom is -0.478 e. The summed E-state index contributed by atoms with van der Waals surface area (Å²) in [7, 11) is 0. The van der Waals surface area contributed by atoms with Crippen molar-refractivity contribution in [3.63, 3.8) is 0 Å². The van der Waals surface area contributed by atoms with Crippen molar-refractivity contribution in [1.82, 2.24) is 4.90 Å². The van der Waals surface area contributed by atoms with E-state index in [9.17, 15) is 9.59 Å². The first-order valence-corrected chi connectivity index (χ1v) is 6.63. The highest BCUT2D eigenvalue weighted by Gasteiger charge is 2.11. The molecule has 0 bridgehead atoms. The lowest BCUT2D eigenvalue weighted by atomic mass is 10.2. The Morgan fingerprint density at radius 3 is 2.43 bits per heavy atom. The first kappa shape index (κ1) is 16.5. The average Bonchev–Trinajstić information content (AvgIpc) is 2.43. The van der Waals surface area contributed by atoms with Crippen LogP contribution in [0.3, 0.4) is 0 Å². The number of urea groups is 1. The number of aliphatic carboxylic acids is 1. The molecule has 1 aromatic carbocycles. The van der Waals surface area contributed by atoms with Gasteiger partial charge in [-0.2, -0.15) is 0 Å². The van der Waals surface area contributed by atoms with Crippen LogP contribution in [0.4, 0.5) is 10.5 Å². The molecule has 5 heteroatoms. The van der Waals surface area contributed by atoms with Crippen molar-refractivity contribution < 1.29 is 14.7 Å². The highest BCUT2D eigenvalue weighted by atomic mass is 16.4. The number of carboxylic acid groups (broad SMARTS) is 1. The molecule has 21 heavy (non-hydrogen) atoms. The first-order valence-electron chi connectivity index (χ1n) is 6.63. The molecule has 0 heterocycles. The predicted octanol–water partition coefficient (Wildman–Crippen LogP) is 3.21. The molecule has 5 nitrogen and oxygen atoms in total. The minimum absolute atomic E-state index is 0.186. The van der Waals surface area contributed by atoms with Gasteiger partial charge in [0, 0.05) is 24.9 Å². The molecule has 112 valence electrons. The molecule has 0 atom stereocenters. The minimum atomic E-state index is -0.995. The molecular weight excluding hydrogens is 268 g/mol. The van der Waals surface area contributed by atoms with Crippen LogP contribution in [0.15, 0.2) is 42.5 Å². The standard InChI is InChI=1S/C16H20N2O3/c1-4-18(11-12(2)3)16(21)17-14-8-5-13(6-9-14)7-10-15(19)20/h5-10H,2,4,11H2,1,3H3,(H,17,21)(H,19,20). The molecule has 0 saturated heterocycles. The summed E-state index contributed by atoms with van der Waals surface area (Å²) >= 11 is 0. The zero-order valence-electron chi connectivity index (χ0n) is 12.3. The monoisotopic (exact) mass is 288 g/mol. The number of hydrogen-bond donors (Lipinski definition) is 2. The van der Waals surface area contributed by atoms with E-state index in [-0.39, 0.29) is 6.03 Å². The first-order chi connectivity index (χ1) is 9.92.